The minimum atomic E-state index is 0.827. The highest BCUT2D eigenvalue weighted by molar-refractivity contribution is 5.64. The van der Waals surface area contributed by atoms with Gasteiger partial charge in [0.05, 0.1) is 5.70 Å². The molecule has 0 aliphatic rings. The molecule has 0 aliphatic heterocycles. The van der Waals surface area contributed by atoms with Crippen LogP contribution in [0.3, 0.4) is 0 Å². The van der Waals surface area contributed by atoms with Crippen LogP contribution in [0.4, 0.5) is 0 Å². The van der Waals surface area contributed by atoms with Crippen LogP contribution in [0, 0.1) is 0 Å². The van der Waals surface area contributed by atoms with E-state index in [1.165, 1.54) is 11.9 Å². The molecule has 0 aliphatic carbocycles. The van der Waals surface area contributed by atoms with Gasteiger partial charge in [0.1, 0.15) is 6.34 Å². The number of aliphatic imine (C=N–C) groups is 2. The monoisotopic (exact) mass is 208 g/mol. The lowest BCUT2D eigenvalue weighted by Gasteiger charge is -1.96. The fourth-order valence-electron chi connectivity index (χ4n) is 0.644. The van der Waals surface area contributed by atoms with Crippen LogP contribution in [0.1, 0.15) is 20.8 Å². The minimum Gasteiger partial charge on any atom is -0.400 e. The van der Waals surface area contributed by atoms with Crippen LogP contribution < -0.4 is 0 Å². The molecule has 1 N–H and O–H groups in total. The predicted molar refractivity (Wildman–Crippen MR) is 68.5 cm³/mol. The summed E-state index contributed by atoms with van der Waals surface area (Å²) < 4.78 is 0. The van der Waals surface area contributed by atoms with Crippen LogP contribution in [-0.2, 0) is 0 Å². The SMILES string of the molecule is C=NC=N/C(=C/C=C(C)C)C(=C)C.CO. The predicted octanol–water partition coefficient (Wildman–Crippen LogP) is 2.75. The zero-order chi connectivity index (χ0) is 12.3. The van der Waals surface area contributed by atoms with E-state index in [-0.39, 0.29) is 0 Å². The fraction of sp³-hybridized carbons (Fsp3) is 0.333. The van der Waals surface area contributed by atoms with Crippen LogP contribution in [0.25, 0.3) is 0 Å². The second kappa shape index (κ2) is 10.6. The quantitative estimate of drug-likeness (QED) is 0.431. The molecule has 0 aromatic rings. The van der Waals surface area contributed by atoms with E-state index in [1.807, 2.05) is 32.9 Å². The van der Waals surface area contributed by atoms with Gasteiger partial charge >= 0.3 is 0 Å². The van der Waals surface area contributed by atoms with Crippen molar-refractivity contribution >= 4 is 13.1 Å². The molecule has 0 aromatic heterocycles. The van der Waals surface area contributed by atoms with E-state index in [9.17, 15) is 0 Å². The van der Waals surface area contributed by atoms with Crippen LogP contribution in [-0.4, -0.2) is 25.3 Å². The third-order valence-electron chi connectivity index (χ3n) is 1.29. The van der Waals surface area contributed by atoms with Gasteiger partial charge in [-0.1, -0.05) is 18.2 Å². The molecule has 15 heavy (non-hydrogen) atoms. The molecule has 3 nitrogen and oxygen atoms in total. The van der Waals surface area contributed by atoms with Crippen molar-refractivity contribution in [2.75, 3.05) is 7.11 Å². The van der Waals surface area contributed by atoms with Gasteiger partial charge in [-0.05, 0) is 39.1 Å². The molecule has 0 unspecified atom stereocenters. The van der Waals surface area contributed by atoms with Gasteiger partial charge in [0.2, 0.25) is 0 Å². The topological polar surface area (TPSA) is 45.0 Å². The van der Waals surface area contributed by atoms with E-state index in [2.05, 4.69) is 23.3 Å². The normalized spacial score (nSPS) is 10.3. The molecule has 0 saturated carbocycles. The van der Waals surface area contributed by atoms with Gasteiger partial charge in [0, 0.05) is 7.11 Å². The maximum Gasteiger partial charge on any atom is 0.115 e. The molecular weight excluding hydrogens is 188 g/mol. The summed E-state index contributed by atoms with van der Waals surface area (Å²) in [6.45, 7) is 13.1. The van der Waals surface area contributed by atoms with Gasteiger partial charge in [-0.3, -0.25) is 4.99 Å². The number of rotatable bonds is 4. The largest absolute Gasteiger partial charge is 0.400 e. The van der Waals surface area contributed by atoms with Crippen molar-refractivity contribution < 1.29 is 5.11 Å². The third-order valence-corrected chi connectivity index (χ3v) is 1.29. The second-order valence-electron chi connectivity index (χ2n) is 3.00. The smallest absolute Gasteiger partial charge is 0.115 e. The van der Waals surface area contributed by atoms with Gasteiger partial charge in [-0.25, -0.2) is 4.99 Å². The van der Waals surface area contributed by atoms with Crippen molar-refractivity contribution in [3.63, 3.8) is 0 Å². The number of aliphatic hydroxyl groups excluding tert-OH is 1. The van der Waals surface area contributed by atoms with E-state index < -0.39 is 0 Å². The molecule has 0 aromatic carbocycles. The number of hydrogen-bond acceptors (Lipinski definition) is 2. The average molecular weight is 208 g/mol. The highest BCUT2D eigenvalue weighted by atomic mass is 16.2. The molecule has 0 spiro atoms. The van der Waals surface area contributed by atoms with Crippen molar-refractivity contribution in [3.8, 4) is 0 Å². The molecule has 0 bridgehead atoms. The molecule has 0 amide bonds. The number of allylic oxidation sites excluding steroid dienone is 4. The maximum absolute atomic E-state index is 7.00. The molecule has 0 atom stereocenters. The number of aliphatic hydroxyl groups is 1. The molecular formula is C12H20N2O. The first kappa shape index (κ1) is 16.0. The minimum absolute atomic E-state index is 0.827. The zero-order valence-electron chi connectivity index (χ0n) is 9.99. The summed E-state index contributed by atoms with van der Waals surface area (Å²) in [6.07, 6.45) is 5.32. The third kappa shape index (κ3) is 10.4. The van der Waals surface area contributed by atoms with Gasteiger partial charge < -0.3 is 5.11 Å². The van der Waals surface area contributed by atoms with Crippen molar-refractivity contribution in [2.24, 2.45) is 9.98 Å². The molecule has 0 fully saturated rings. The summed E-state index contributed by atoms with van der Waals surface area (Å²) in [5, 5.41) is 7.00. The van der Waals surface area contributed by atoms with Gasteiger partial charge in [0.25, 0.3) is 0 Å². The van der Waals surface area contributed by atoms with E-state index in [4.69, 9.17) is 5.11 Å². The Bertz CT molecular complexity index is 282. The summed E-state index contributed by atoms with van der Waals surface area (Å²) in [4.78, 5) is 7.62. The van der Waals surface area contributed by atoms with Crippen LogP contribution in [0.5, 0.6) is 0 Å². The van der Waals surface area contributed by atoms with Gasteiger partial charge in [0.15, 0.2) is 0 Å². The van der Waals surface area contributed by atoms with Crippen molar-refractivity contribution in [2.45, 2.75) is 20.8 Å². The molecule has 0 radical (unpaired) electrons. The zero-order valence-corrected chi connectivity index (χ0v) is 9.99. The lowest BCUT2D eigenvalue weighted by molar-refractivity contribution is 0.399. The molecule has 0 heterocycles. The lowest BCUT2D eigenvalue weighted by Crippen LogP contribution is -1.79. The Hall–Kier alpha value is -1.48. The lowest BCUT2D eigenvalue weighted by atomic mass is 10.2. The summed E-state index contributed by atoms with van der Waals surface area (Å²) >= 11 is 0. The average Bonchev–Trinajstić information content (AvgIpc) is 2.20. The van der Waals surface area contributed by atoms with Gasteiger partial charge in [-0.2, -0.15) is 0 Å². The van der Waals surface area contributed by atoms with E-state index in [0.29, 0.717) is 0 Å². The van der Waals surface area contributed by atoms with Gasteiger partial charge in [-0.15, -0.1) is 0 Å². The Kier molecular flexibility index (Phi) is 11.3. The summed E-state index contributed by atoms with van der Waals surface area (Å²) in [5.41, 5.74) is 2.96. The summed E-state index contributed by atoms with van der Waals surface area (Å²) in [5.74, 6) is 0. The fourth-order valence-corrected chi connectivity index (χ4v) is 0.644. The molecule has 3 heteroatoms. The second-order valence-corrected chi connectivity index (χ2v) is 3.00. The van der Waals surface area contributed by atoms with Crippen molar-refractivity contribution in [1.82, 2.24) is 0 Å². The highest BCUT2D eigenvalue weighted by Crippen LogP contribution is 2.08. The number of hydrogen-bond donors (Lipinski definition) is 1. The Morgan fingerprint density at radius 2 is 1.67 bits per heavy atom. The van der Waals surface area contributed by atoms with E-state index >= 15 is 0 Å². The van der Waals surface area contributed by atoms with E-state index in [0.717, 1.165) is 18.4 Å². The Morgan fingerprint density at radius 1 is 1.13 bits per heavy atom. The Labute approximate surface area is 92.3 Å². The van der Waals surface area contributed by atoms with Crippen molar-refractivity contribution in [1.29, 1.82) is 0 Å². The molecule has 84 valence electrons. The Balaban J connectivity index is 0. The standard InChI is InChI=1S/C11H16N2.CH4O/c1-9(2)6-7-11(10(3)4)13-8-12-5;1-2/h6-8H,3,5H2,1-2,4H3;2H,1H3/b11-7+,13-8?;. The maximum atomic E-state index is 7.00. The Morgan fingerprint density at radius 3 is 2.00 bits per heavy atom. The van der Waals surface area contributed by atoms with Crippen molar-refractivity contribution in [3.05, 3.63) is 35.6 Å². The first-order chi connectivity index (χ1) is 7.07. The highest BCUT2D eigenvalue weighted by Gasteiger charge is 1.91. The molecule has 0 rings (SSSR count). The first-order valence-corrected chi connectivity index (χ1v) is 4.52. The van der Waals surface area contributed by atoms with Crippen LogP contribution in [0.2, 0.25) is 0 Å². The first-order valence-electron chi connectivity index (χ1n) is 4.52. The van der Waals surface area contributed by atoms with Crippen LogP contribution >= 0.6 is 0 Å². The molecule has 0 saturated heterocycles. The summed E-state index contributed by atoms with van der Waals surface area (Å²) in [6, 6.07) is 0. The van der Waals surface area contributed by atoms with Crippen LogP contribution in [0.15, 0.2) is 45.6 Å². The van der Waals surface area contributed by atoms with E-state index in [1.54, 1.807) is 0 Å². The number of nitrogens with zero attached hydrogens (tertiary/aromatic N) is 2. The summed E-state index contributed by atoms with van der Waals surface area (Å²) in [7, 11) is 1.00.